The normalized spacial score (nSPS) is 13.9. The summed E-state index contributed by atoms with van der Waals surface area (Å²) in [5.74, 6) is 0.430. The van der Waals surface area contributed by atoms with Gasteiger partial charge in [0.2, 0.25) is 0 Å². The number of hydrogen-bond donors (Lipinski definition) is 1. The highest BCUT2D eigenvalue weighted by molar-refractivity contribution is 5.80. The first-order valence-corrected chi connectivity index (χ1v) is 6.99. The number of nitrogens with one attached hydrogen (secondary N) is 1. The fraction of sp³-hybridized carbons (Fsp3) is 0.562. The molecule has 1 aromatic rings. The molecule has 0 aromatic heterocycles. The van der Waals surface area contributed by atoms with E-state index in [2.05, 4.69) is 12.2 Å². The van der Waals surface area contributed by atoms with Gasteiger partial charge in [-0.05, 0) is 44.9 Å². The van der Waals surface area contributed by atoms with E-state index in [0.29, 0.717) is 0 Å². The second-order valence-corrected chi connectivity index (χ2v) is 5.41. The summed E-state index contributed by atoms with van der Waals surface area (Å²) < 4.78 is 10.6. The van der Waals surface area contributed by atoms with Crippen molar-refractivity contribution in [2.45, 2.75) is 45.7 Å². The van der Waals surface area contributed by atoms with Crippen molar-refractivity contribution in [2.75, 3.05) is 13.7 Å². The fourth-order valence-electron chi connectivity index (χ4n) is 2.07. The lowest BCUT2D eigenvalue weighted by Crippen LogP contribution is -2.56. The SMILES string of the molecule is CCc1ccc(OCC(C)(NC(C)C)C(=O)OC)cc1. The van der Waals surface area contributed by atoms with Crippen LogP contribution in [0.3, 0.4) is 0 Å². The van der Waals surface area contributed by atoms with Gasteiger partial charge in [0.25, 0.3) is 0 Å². The minimum Gasteiger partial charge on any atom is -0.491 e. The summed E-state index contributed by atoms with van der Waals surface area (Å²) in [5, 5.41) is 3.20. The van der Waals surface area contributed by atoms with Gasteiger partial charge in [-0.1, -0.05) is 19.1 Å². The Morgan fingerprint density at radius 1 is 1.30 bits per heavy atom. The minimum absolute atomic E-state index is 0.158. The van der Waals surface area contributed by atoms with E-state index in [4.69, 9.17) is 9.47 Å². The van der Waals surface area contributed by atoms with Crippen LogP contribution in [0.25, 0.3) is 0 Å². The smallest absolute Gasteiger partial charge is 0.329 e. The monoisotopic (exact) mass is 279 g/mol. The molecule has 4 nitrogen and oxygen atoms in total. The molecule has 0 radical (unpaired) electrons. The van der Waals surface area contributed by atoms with Crippen LogP contribution in [0, 0.1) is 0 Å². The zero-order valence-corrected chi connectivity index (χ0v) is 13.0. The lowest BCUT2D eigenvalue weighted by atomic mass is 10.0. The lowest BCUT2D eigenvalue weighted by Gasteiger charge is -2.30. The molecule has 0 saturated heterocycles. The van der Waals surface area contributed by atoms with Crippen molar-refractivity contribution in [3.63, 3.8) is 0 Å². The summed E-state index contributed by atoms with van der Waals surface area (Å²) >= 11 is 0. The van der Waals surface area contributed by atoms with Crippen molar-refractivity contribution >= 4 is 5.97 Å². The van der Waals surface area contributed by atoms with Gasteiger partial charge in [-0.2, -0.15) is 0 Å². The second kappa shape index (κ2) is 7.29. The minimum atomic E-state index is -0.855. The first kappa shape index (κ1) is 16.5. The zero-order chi connectivity index (χ0) is 15.2. The molecule has 0 aliphatic carbocycles. The molecule has 1 atom stereocenters. The Morgan fingerprint density at radius 2 is 1.90 bits per heavy atom. The van der Waals surface area contributed by atoms with Gasteiger partial charge >= 0.3 is 5.97 Å². The molecule has 1 N–H and O–H groups in total. The molecule has 1 unspecified atom stereocenters. The van der Waals surface area contributed by atoms with Crippen LogP contribution in [-0.2, 0) is 16.0 Å². The van der Waals surface area contributed by atoms with Gasteiger partial charge in [0.05, 0.1) is 7.11 Å². The zero-order valence-electron chi connectivity index (χ0n) is 13.0. The van der Waals surface area contributed by atoms with Crippen LogP contribution in [0.1, 0.15) is 33.3 Å². The van der Waals surface area contributed by atoms with Crippen molar-refractivity contribution in [1.29, 1.82) is 0 Å². The largest absolute Gasteiger partial charge is 0.491 e. The van der Waals surface area contributed by atoms with E-state index in [0.717, 1.165) is 12.2 Å². The fourth-order valence-corrected chi connectivity index (χ4v) is 2.07. The molecule has 0 aliphatic rings. The standard InChI is InChI=1S/C16H25NO3/c1-6-13-7-9-14(10-8-13)20-11-16(4,15(18)19-5)17-12(2)3/h7-10,12,17H,6,11H2,1-5H3. The predicted octanol–water partition coefficient (Wildman–Crippen LogP) is 2.56. The number of ether oxygens (including phenoxy) is 2. The average molecular weight is 279 g/mol. The van der Waals surface area contributed by atoms with Gasteiger partial charge in [0.1, 0.15) is 17.9 Å². The summed E-state index contributed by atoms with van der Waals surface area (Å²) in [6, 6.07) is 8.06. The van der Waals surface area contributed by atoms with Crippen molar-refractivity contribution in [3.8, 4) is 5.75 Å². The Bertz CT molecular complexity index is 428. The van der Waals surface area contributed by atoms with Crippen molar-refractivity contribution < 1.29 is 14.3 Å². The van der Waals surface area contributed by atoms with E-state index >= 15 is 0 Å². The van der Waals surface area contributed by atoms with Gasteiger partial charge in [-0.25, -0.2) is 4.79 Å². The number of esters is 1. The number of carbonyl (C=O) groups is 1. The van der Waals surface area contributed by atoms with E-state index in [1.165, 1.54) is 12.7 Å². The maximum atomic E-state index is 11.9. The molecular weight excluding hydrogens is 254 g/mol. The van der Waals surface area contributed by atoms with Gasteiger partial charge in [0, 0.05) is 6.04 Å². The highest BCUT2D eigenvalue weighted by Crippen LogP contribution is 2.16. The number of methoxy groups -OCH3 is 1. The van der Waals surface area contributed by atoms with Crippen LogP contribution in [0.2, 0.25) is 0 Å². The Kier molecular flexibility index (Phi) is 6.02. The van der Waals surface area contributed by atoms with Crippen LogP contribution < -0.4 is 10.1 Å². The summed E-state index contributed by atoms with van der Waals surface area (Å²) in [6.45, 7) is 8.09. The average Bonchev–Trinajstić information content (AvgIpc) is 2.44. The van der Waals surface area contributed by atoms with E-state index in [-0.39, 0.29) is 18.6 Å². The van der Waals surface area contributed by atoms with Crippen molar-refractivity contribution in [1.82, 2.24) is 5.32 Å². The third-order valence-electron chi connectivity index (χ3n) is 3.10. The molecule has 0 spiro atoms. The van der Waals surface area contributed by atoms with Crippen molar-refractivity contribution in [2.24, 2.45) is 0 Å². The number of carbonyl (C=O) groups excluding carboxylic acids is 1. The second-order valence-electron chi connectivity index (χ2n) is 5.41. The molecule has 4 heteroatoms. The van der Waals surface area contributed by atoms with Gasteiger partial charge in [-0.15, -0.1) is 0 Å². The summed E-state index contributed by atoms with van der Waals surface area (Å²) in [5.41, 5.74) is 0.403. The first-order valence-electron chi connectivity index (χ1n) is 6.99. The molecule has 20 heavy (non-hydrogen) atoms. The lowest BCUT2D eigenvalue weighted by molar-refractivity contribution is -0.149. The van der Waals surface area contributed by atoms with Crippen molar-refractivity contribution in [3.05, 3.63) is 29.8 Å². The third kappa shape index (κ3) is 4.53. The van der Waals surface area contributed by atoms with Crippen LogP contribution in [0.15, 0.2) is 24.3 Å². The third-order valence-corrected chi connectivity index (χ3v) is 3.10. The maximum absolute atomic E-state index is 11.9. The molecule has 0 amide bonds. The molecule has 0 bridgehead atoms. The number of rotatable bonds is 7. The van der Waals surface area contributed by atoms with E-state index in [1.807, 2.05) is 38.1 Å². The molecule has 1 aromatic carbocycles. The van der Waals surface area contributed by atoms with Crippen LogP contribution >= 0.6 is 0 Å². The Morgan fingerprint density at radius 3 is 2.35 bits per heavy atom. The number of benzene rings is 1. The quantitative estimate of drug-likeness (QED) is 0.779. The molecule has 0 fully saturated rings. The van der Waals surface area contributed by atoms with E-state index < -0.39 is 5.54 Å². The number of aryl methyl sites for hydroxylation is 1. The predicted molar refractivity (Wildman–Crippen MR) is 80.0 cm³/mol. The van der Waals surface area contributed by atoms with Gasteiger partial charge in [-0.3, -0.25) is 5.32 Å². The van der Waals surface area contributed by atoms with Crippen LogP contribution in [0.4, 0.5) is 0 Å². The molecule has 0 saturated carbocycles. The van der Waals surface area contributed by atoms with E-state index in [9.17, 15) is 4.79 Å². The summed E-state index contributed by atoms with van der Waals surface area (Å²) in [7, 11) is 1.39. The maximum Gasteiger partial charge on any atom is 0.329 e. The van der Waals surface area contributed by atoms with Gasteiger partial charge in [0.15, 0.2) is 0 Å². The Hall–Kier alpha value is -1.55. The van der Waals surface area contributed by atoms with E-state index in [1.54, 1.807) is 6.92 Å². The molecule has 0 heterocycles. The molecule has 1 rings (SSSR count). The summed E-state index contributed by atoms with van der Waals surface area (Å²) in [6.07, 6.45) is 0.995. The topological polar surface area (TPSA) is 47.6 Å². The van der Waals surface area contributed by atoms with Gasteiger partial charge < -0.3 is 9.47 Å². The van der Waals surface area contributed by atoms with Crippen LogP contribution in [0.5, 0.6) is 5.75 Å². The first-order chi connectivity index (χ1) is 9.41. The van der Waals surface area contributed by atoms with Crippen LogP contribution in [-0.4, -0.2) is 31.3 Å². The summed E-state index contributed by atoms with van der Waals surface area (Å²) in [4.78, 5) is 11.9. The number of hydrogen-bond acceptors (Lipinski definition) is 4. The highest BCUT2D eigenvalue weighted by atomic mass is 16.5. The molecule has 0 aliphatic heterocycles. The highest BCUT2D eigenvalue weighted by Gasteiger charge is 2.35. The molecule has 112 valence electrons. The molecular formula is C16H25NO3. The Labute approximate surface area is 121 Å². The Balaban J connectivity index is 2.72.